The fraction of sp³-hybridized carbons (Fsp3) is 0.0667. The second-order valence-electron chi connectivity index (χ2n) is 4.58. The molecular formula is C15H8ClF2N2O2-. The van der Waals surface area contributed by atoms with Crippen LogP contribution in [0.25, 0.3) is 22.2 Å². The van der Waals surface area contributed by atoms with E-state index in [1.807, 2.05) is 0 Å². The molecule has 3 aromatic rings. The Balaban J connectivity index is 2.37. The van der Waals surface area contributed by atoms with Gasteiger partial charge in [-0.25, -0.2) is 13.8 Å². The number of carbonyl (C=O) groups is 1. The van der Waals surface area contributed by atoms with E-state index < -0.39 is 12.5 Å². The van der Waals surface area contributed by atoms with Crippen LogP contribution in [0.4, 0.5) is 13.6 Å². The third kappa shape index (κ3) is 2.31. The highest BCUT2D eigenvalue weighted by Gasteiger charge is 2.19. The van der Waals surface area contributed by atoms with E-state index in [0.29, 0.717) is 5.39 Å². The van der Waals surface area contributed by atoms with Gasteiger partial charge in [0, 0.05) is 28.8 Å². The third-order valence-electron chi connectivity index (χ3n) is 3.31. The fourth-order valence-electron chi connectivity index (χ4n) is 2.39. The standard InChI is InChI=1S/C15H9ClF2N2O2/c16-13-6-11-8(7-19-13)5-12(20(11)15(21)22)9-3-1-2-4-10(9)14(17)18/h1-7,14H,(H,21,22)/p-1. The number of rotatable bonds is 2. The van der Waals surface area contributed by atoms with Crippen molar-refractivity contribution in [2.24, 2.45) is 0 Å². The number of carboxylic acid groups (broad SMARTS) is 1. The summed E-state index contributed by atoms with van der Waals surface area (Å²) < 4.78 is 27.1. The summed E-state index contributed by atoms with van der Waals surface area (Å²) in [5.74, 6) is 0. The lowest BCUT2D eigenvalue weighted by Gasteiger charge is -2.14. The van der Waals surface area contributed by atoms with Gasteiger partial charge < -0.3 is 9.90 Å². The predicted molar refractivity (Wildman–Crippen MR) is 75.9 cm³/mol. The number of pyridine rings is 1. The summed E-state index contributed by atoms with van der Waals surface area (Å²) in [6, 6.07) is 8.53. The van der Waals surface area contributed by atoms with E-state index in [0.717, 1.165) is 4.57 Å². The van der Waals surface area contributed by atoms with E-state index >= 15 is 0 Å². The topological polar surface area (TPSA) is 57.9 Å². The number of benzene rings is 1. The molecule has 0 bridgehead atoms. The van der Waals surface area contributed by atoms with Gasteiger partial charge in [0.15, 0.2) is 0 Å². The zero-order chi connectivity index (χ0) is 15.9. The molecule has 22 heavy (non-hydrogen) atoms. The SMILES string of the molecule is O=C([O-])n1c(-c2ccccc2C(F)F)cc2cnc(Cl)cc21. The van der Waals surface area contributed by atoms with Gasteiger partial charge in [-0.1, -0.05) is 35.9 Å². The second kappa shape index (κ2) is 5.38. The van der Waals surface area contributed by atoms with Crippen LogP contribution in [0, 0.1) is 0 Å². The maximum Gasteiger partial charge on any atom is 0.264 e. The van der Waals surface area contributed by atoms with Crippen molar-refractivity contribution in [1.29, 1.82) is 0 Å². The van der Waals surface area contributed by atoms with Gasteiger partial charge in [0.05, 0.1) is 11.2 Å². The molecule has 2 aromatic heterocycles. The quantitative estimate of drug-likeness (QED) is 0.679. The van der Waals surface area contributed by atoms with Gasteiger partial charge in [0.1, 0.15) is 11.2 Å². The Morgan fingerprint density at radius 3 is 2.68 bits per heavy atom. The summed E-state index contributed by atoms with van der Waals surface area (Å²) in [5, 5.41) is 12.0. The summed E-state index contributed by atoms with van der Waals surface area (Å²) in [6.45, 7) is 0. The molecule has 0 spiro atoms. The lowest BCUT2D eigenvalue weighted by molar-refractivity contribution is -0.249. The zero-order valence-electron chi connectivity index (χ0n) is 11.0. The number of fused-ring (bicyclic) bond motifs is 1. The Kier molecular flexibility index (Phi) is 3.54. The van der Waals surface area contributed by atoms with Crippen LogP contribution in [0.15, 0.2) is 42.6 Å². The molecule has 0 amide bonds. The Bertz CT molecular complexity index is 877. The zero-order valence-corrected chi connectivity index (χ0v) is 11.7. The molecule has 3 rings (SSSR count). The minimum atomic E-state index is -2.73. The van der Waals surface area contributed by atoms with E-state index in [-0.39, 0.29) is 27.5 Å². The maximum atomic E-state index is 13.2. The Hall–Kier alpha value is -2.47. The monoisotopic (exact) mass is 321 g/mol. The molecule has 7 heteroatoms. The molecule has 0 saturated heterocycles. The van der Waals surface area contributed by atoms with E-state index in [4.69, 9.17) is 11.6 Å². The lowest BCUT2D eigenvalue weighted by atomic mass is 10.0. The summed E-state index contributed by atoms with van der Waals surface area (Å²) in [4.78, 5) is 15.3. The van der Waals surface area contributed by atoms with Crippen LogP contribution in [-0.2, 0) is 0 Å². The molecule has 0 aliphatic heterocycles. The molecule has 112 valence electrons. The molecule has 0 aliphatic carbocycles. The molecule has 0 fully saturated rings. The summed E-state index contributed by atoms with van der Waals surface area (Å²) in [6.07, 6.45) is -2.88. The Morgan fingerprint density at radius 2 is 2.00 bits per heavy atom. The summed E-state index contributed by atoms with van der Waals surface area (Å²) in [7, 11) is 0. The van der Waals surface area contributed by atoms with Crippen molar-refractivity contribution in [2.45, 2.75) is 6.43 Å². The maximum absolute atomic E-state index is 13.2. The van der Waals surface area contributed by atoms with Crippen LogP contribution < -0.4 is 5.11 Å². The van der Waals surface area contributed by atoms with Gasteiger partial charge in [-0.15, -0.1) is 0 Å². The van der Waals surface area contributed by atoms with Crippen LogP contribution in [0.3, 0.4) is 0 Å². The van der Waals surface area contributed by atoms with Crippen LogP contribution >= 0.6 is 11.6 Å². The van der Waals surface area contributed by atoms with E-state index in [9.17, 15) is 18.7 Å². The second-order valence-corrected chi connectivity index (χ2v) is 4.97. The minimum absolute atomic E-state index is 0.0926. The smallest absolute Gasteiger partial charge is 0.264 e. The minimum Gasteiger partial charge on any atom is -0.529 e. The largest absolute Gasteiger partial charge is 0.529 e. The molecule has 1 aromatic carbocycles. The Morgan fingerprint density at radius 1 is 1.27 bits per heavy atom. The molecule has 4 nitrogen and oxygen atoms in total. The molecule has 0 aliphatic rings. The average molecular weight is 322 g/mol. The summed E-state index contributed by atoms with van der Waals surface area (Å²) >= 11 is 5.77. The normalized spacial score (nSPS) is 11.3. The third-order valence-corrected chi connectivity index (χ3v) is 3.51. The van der Waals surface area contributed by atoms with E-state index in [1.54, 1.807) is 6.07 Å². The molecule has 2 heterocycles. The van der Waals surface area contributed by atoms with Gasteiger partial charge in [0.2, 0.25) is 0 Å². The van der Waals surface area contributed by atoms with Crippen molar-refractivity contribution < 1.29 is 18.7 Å². The highest BCUT2D eigenvalue weighted by atomic mass is 35.5. The number of alkyl halides is 2. The van der Waals surface area contributed by atoms with Crippen LogP contribution in [0.5, 0.6) is 0 Å². The predicted octanol–water partition coefficient (Wildman–Crippen LogP) is 3.49. The summed E-state index contributed by atoms with van der Waals surface area (Å²) in [5.41, 5.74) is 0.190. The van der Waals surface area contributed by atoms with Crippen molar-refractivity contribution >= 4 is 28.6 Å². The van der Waals surface area contributed by atoms with E-state index in [2.05, 4.69) is 4.98 Å². The first kappa shape index (κ1) is 14.5. The van der Waals surface area contributed by atoms with Crippen molar-refractivity contribution in [1.82, 2.24) is 9.55 Å². The number of carbonyl (C=O) groups excluding carboxylic acids is 1. The van der Waals surface area contributed by atoms with Gasteiger partial charge in [-0.05, 0) is 6.07 Å². The molecule has 0 atom stereocenters. The lowest BCUT2D eigenvalue weighted by Crippen LogP contribution is -2.29. The van der Waals surface area contributed by atoms with Crippen molar-refractivity contribution in [2.75, 3.05) is 0 Å². The molecule has 0 N–H and O–H groups in total. The Labute approximate surface area is 128 Å². The number of hydrogen-bond donors (Lipinski definition) is 0. The van der Waals surface area contributed by atoms with Crippen LogP contribution in [0.1, 0.15) is 12.0 Å². The first-order valence-corrected chi connectivity index (χ1v) is 6.62. The van der Waals surface area contributed by atoms with Crippen molar-refractivity contribution in [3.8, 4) is 11.3 Å². The van der Waals surface area contributed by atoms with Gasteiger partial charge in [0.25, 0.3) is 6.43 Å². The first-order chi connectivity index (χ1) is 10.5. The van der Waals surface area contributed by atoms with Gasteiger partial charge in [-0.3, -0.25) is 4.57 Å². The molecule has 0 saturated carbocycles. The number of hydrogen-bond acceptors (Lipinski definition) is 3. The molecular weight excluding hydrogens is 314 g/mol. The fourth-order valence-corrected chi connectivity index (χ4v) is 2.54. The number of nitrogens with zero attached hydrogens (tertiary/aromatic N) is 2. The highest BCUT2D eigenvalue weighted by molar-refractivity contribution is 6.30. The van der Waals surface area contributed by atoms with Crippen LogP contribution in [-0.4, -0.2) is 15.6 Å². The van der Waals surface area contributed by atoms with E-state index in [1.165, 1.54) is 36.5 Å². The number of halogens is 3. The highest BCUT2D eigenvalue weighted by Crippen LogP contribution is 2.34. The van der Waals surface area contributed by atoms with Crippen molar-refractivity contribution in [3.63, 3.8) is 0 Å². The number of aromatic nitrogens is 2. The van der Waals surface area contributed by atoms with Gasteiger partial charge in [-0.2, -0.15) is 0 Å². The van der Waals surface area contributed by atoms with Crippen molar-refractivity contribution in [3.05, 3.63) is 53.3 Å². The van der Waals surface area contributed by atoms with Gasteiger partial charge >= 0.3 is 0 Å². The molecule has 0 unspecified atom stereocenters. The average Bonchev–Trinajstić information content (AvgIpc) is 2.85. The first-order valence-electron chi connectivity index (χ1n) is 6.25. The van der Waals surface area contributed by atoms with Crippen LogP contribution in [0.2, 0.25) is 5.15 Å². The molecule has 0 radical (unpaired) electrons.